The van der Waals surface area contributed by atoms with Gasteiger partial charge in [-0.25, -0.2) is 0 Å². The number of nitrogens with two attached hydrogens (primary N) is 1. The first-order valence-corrected chi connectivity index (χ1v) is 9.03. The standard InChI is InChI=1S/C18H21NO4S/c1-18-9-8-14-13-5-3-12(21-24-23-22-19)10-11(13)2-4-15(14)16(18)6-7-17(18)20/h3-5,10,14,16H,2,6-9,19H2,1H3/t14?,16?,18-/m0/s1. The van der Waals surface area contributed by atoms with E-state index >= 15 is 0 Å². The quantitative estimate of drug-likeness (QED) is 0.294. The van der Waals surface area contributed by atoms with Crippen LogP contribution in [0.5, 0.6) is 5.75 Å². The second-order valence-electron chi connectivity index (χ2n) is 7.11. The summed E-state index contributed by atoms with van der Waals surface area (Å²) < 4.78 is 9.84. The molecule has 6 heteroatoms. The lowest BCUT2D eigenvalue weighted by Crippen LogP contribution is -2.37. The highest BCUT2D eigenvalue weighted by Gasteiger charge is 2.52. The van der Waals surface area contributed by atoms with E-state index in [9.17, 15) is 4.79 Å². The summed E-state index contributed by atoms with van der Waals surface area (Å²) >= 11 is 0.692. The van der Waals surface area contributed by atoms with E-state index in [1.165, 1.54) is 16.7 Å². The van der Waals surface area contributed by atoms with E-state index in [4.69, 9.17) is 10.1 Å². The third-order valence-electron chi connectivity index (χ3n) is 6.07. The number of allylic oxidation sites excluding steroid dienone is 2. The van der Waals surface area contributed by atoms with Gasteiger partial charge in [0.15, 0.2) is 0 Å². The van der Waals surface area contributed by atoms with E-state index in [1.807, 2.05) is 12.1 Å². The molecule has 0 spiro atoms. The maximum Gasteiger partial charge on any atom is 0.260 e. The van der Waals surface area contributed by atoms with E-state index in [-0.39, 0.29) is 5.41 Å². The van der Waals surface area contributed by atoms with E-state index < -0.39 is 0 Å². The predicted octanol–water partition coefficient (Wildman–Crippen LogP) is 3.80. The van der Waals surface area contributed by atoms with Gasteiger partial charge in [0.2, 0.25) is 0 Å². The van der Waals surface area contributed by atoms with Crippen molar-refractivity contribution in [3.8, 4) is 5.75 Å². The van der Waals surface area contributed by atoms with Crippen molar-refractivity contribution in [1.29, 1.82) is 0 Å². The molecular weight excluding hydrogens is 326 g/mol. The molecule has 1 aromatic carbocycles. The number of carbonyl (C=O) groups excluding carboxylic acids is 1. The van der Waals surface area contributed by atoms with Crippen molar-refractivity contribution in [2.24, 2.45) is 17.2 Å². The molecule has 24 heavy (non-hydrogen) atoms. The molecule has 0 aromatic heterocycles. The number of hydrogen-bond donors (Lipinski definition) is 1. The number of hydrogen-bond acceptors (Lipinski definition) is 6. The van der Waals surface area contributed by atoms with Gasteiger partial charge >= 0.3 is 0 Å². The SMILES string of the molecule is C[C@]12CCC3C(=CCc4cc(OSOON)ccc43)C1CCC2=O. The zero-order valence-electron chi connectivity index (χ0n) is 13.6. The predicted molar refractivity (Wildman–Crippen MR) is 90.6 cm³/mol. The van der Waals surface area contributed by atoms with Gasteiger partial charge in [0.05, 0.1) is 0 Å². The van der Waals surface area contributed by atoms with Crippen LogP contribution in [0.3, 0.4) is 0 Å². The Morgan fingerprint density at radius 2 is 2.21 bits per heavy atom. The molecular formula is C18H21NO4S. The summed E-state index contributed by atoms with van der Waals surface area (Å²) in [6, 6.07) is 6.14. The number of benzene rings is 1. The van der Waals surface area contributed by atoms with Crippen LogP contribution in [0.15, 0.2) is 29.8 Å². The molecule has 2 saturated carbocycles. The lowest BCUT2D eigenvalue weighted by atomic mass is 9.60. The van der Waals surface area contributed by atoms with Gasteiger partial charge in [-0.05, 0) is 54.9 Å². The highest BCUT2D eigenvalue weighted by molar-refractivity contribution is 7.90. The van der Waals surface area contributed by atoms with Gasteiger partial charge in [0, 0.05) is 17.8 Å². The molecule has 1 aromatic rings. The number of Topliss-reactive ketones (excluding diaryl/α,β-unsaturated/α-hetero) is 1. The Morgan fingerprint density at radius 3 is 3.04 bits per heavy atom. The number of ketones is 1. The smallest absolute Gasteiger partial charge is 0.260 e. The molecule has 3 aliphatic rings. The van der Waals surface area contributed by atoms with Crippen LogP contribution in [0.25, 0.3) is 0 Å². The third-order valence-corrected chi connectivity index (χ3v) is 6.46. The first-order chi connectivity index (χ1) is 11.6. The van der Waals surface area contributed by atoms with Gasteiger partial charge in [0.25, 0.3) is 12.3 Å². The molecule has 2 unspecified atom stereocenters. The molecule has 3 atom stereocenters. The average molecular weight is 347 g/mol. The number of carbonyl (C=O) groups is 1. The Morgan fingerprint density at radius 1 is 1.33 bits per heavy atom. The van der Waals surface area contributed by atoms with Crippen LogP contribution in [0.2, 0.25) is 0 Å². The summed E-state index contributed by atoms with van der Waals surface area (Å²) in [6.45, 7) is 2.17. The lowest BCUT2D eigenvalue weighted by molar-refractivity contribution is -0.199. The first kappa shape index (κ1) is 16.1. The molecule has 5 nitrogen and oxygen atoms in total. The molecule has 0 amide bonds. The fourth-order valence-electron chi connectivity index (χ4n) is 4.84. The number of fused-ring (bicyclic) bond motifs is 5. The van der Waals surface area contributed by atoms with E-state index in [0.717, 1.165) is 32.1 Å². The summed E-state index contributed by atoms with van der Waals surface area (Å²) in [4.78, 5) is 16.3. The number of rotatable bonds is 4. The third kappa shape index (κ3) is 2.49. The fraction of sp³-hybridized carbons (Fsp3) is 0.500. The van der Waals surface area contributed by atoms with Crippen molar-refractivity contribution in [2.75, 3.05) is 0 Å². The average Bonchev–Trinajstić information content (AvgIpc) is 2.90. The van der Waals surface area contributed by atoms with Gasteiger partial charge in [-0.15, -0.1) is 9.32 Å². The Balaban J connectivity index is 1.59. The summed E-state index contributed by atoms with van der Waals surface area (Å²) in [6.07, 6.45) is 7.04. The molecule has 4 rings (SSSR count). The lowest BCUT2D eigenvalue weighted by Gasteiger charge is -2.43. The van der Waals surface area contributed by atoms with Crippen LogP contribution in [-0.4, -0.2) is 5.78 Å². The van der Waals surface area contributed by atoms with Crippen molar-refractivity contribution in [2.45, 2.75) is 44.9 Å². The van der Waals surface area contributed by atoms with E-state index in [2.05, 4.69) is 28.4 Å². The Hall–Kier alpha value is -1.34. The van der Waals surface area contributed by atoms with Crippen LogP contribution in [0.1, 0.15) is 49.7 Å². The fourth-order valence-corrected chi connectivity index (χ4v) is 5.09. The van der Waals surface area contributed by atoms with Crippen molar-refractivity contribution >= 4 is 18.1 Å². The maximum absolute atomic E-state index is 12.3. The van der Waals surface area contributed by atoms with Crippen LogP contribution in [-0.2, 0) is 20.5 Å². The van der Waals surface area contributed by atoms with E-state index in [0.29, 0.717) is 35.7 Å². The summed E-state index contributed by atoms with van der Waals surface area (Å²) in [5.74, 6) is 6.83. The largest absolute Gasteiger partial charge is 0.399 e. The van der Waals surface area contributed by atoms with Gasteiger partial charge in [-0.3, -0.25) is 4.79 Å². The van der Waals surface area contributed by atoms with Gasteiger partial charge in [-0.2, -0.15) is 5.90 Å². The molecule has 0 radical (unpaired) electrons. The molecule has 0 heterocycles. The van der Waals surface area contributed by atoms with Crippen molar-refractivity contribution < 1.29 is 18.3 Å². The highest BCUT2D eigenvalue weighted by Crippen LogP contribution is 2.57. The van der Waals surface area contributed by atoms with Crippen LogP contribution >= 0.6 is 12.3 Å². The van der Waals surface area contributed by atoms with Crippen molar-refractivity contribution in [3.05, 3.63) is 41.0 Å². The minimum Gasteiger partial charge on any atom is -0.399 e. The molecule has 128 valence electrons. The second kappa shape index (κ2) is 6.19. The molecule has 0 bridgehead atoms. The monoisotopic (exact) mass is 347 g/mol. The summed E-state index contributed by atoms with van der Waals surface area (Å²) in [7, 11) is 0. The van der Waals surface area contributed by atoms with Crippen molar-refractivity contribution in [1.82, 2.24) is 0 Å². The summed E-state index contributed by atoms with van der Waals surface area (Å²) in [5.41, 5.74) is 4.02. The van der Waals surface area contributed by atoms with E-state index in [1.54, 1.807) is 0 Å². The molecule has 0 saturated heterocycles. The maximum atomic E-state index is 12.3. The minimum absolute atomic E-state index is 0.126. The molecule has 0 aliphatic heterocycles. The zero-order valence-corrected chi connectivity index (χ0v) is 14.4. The second-order valence-corrected chi connectivity index (χ2v) is 7.55. The molecule has 3 aliphatic carbocycles. The van der Waals surface area contributed by atoms with Gasteiger partial charge in [-0.1, -0.05) is 24.6 Å². The molecule has 2 fully saturated rings. The Bertz CT molecular complexity index is 704. The van der Waals surface area contributed by atoms with Crippen LogP contribution < -0.4 is 10.1 Å². The van der Waals surface area contributed by atoms with Crippen molar-refractivity contribution in [3.63, 3.8) is 0 Å². The Labute approximate surface area is 145 Å². The van der Waals surface area contributed by atoms with Gasteiger partial charge < -0.3 is 4.18 Å². The van der Waals surface area contributed by atoms with Crippen LogP contribution in [0, 0.1) is 11.3 Å². The normalized spacial score (nSPS) is 31.1. The topological polar surface area (TPSA) is 70.8 Å². The Kier molecular flexibility index (Phi) is 4.16. The highest BCUT2D eigenvalue weighted by atomic mass is 32.2. The zero-order chi connectivity index (χ0) is 16.7. The first-order valence-electron chi connectivity index (χ1n) is 8.36. The van der Waals surface area contributed by atoms with Crippen LogP contribution in [0.4, 0.5) is 0 Å². The molecule has 2 N–H and O–H groups in total. The van der Waals surface area contributed by atoms with Gasteiger partial charge in [0.1, 0.15) is 11.5 Å². The minimum atomic E-state index is -0.126. The summed E-state index contributed by atoms with van der Waals surface area (Å²) in [5, 5.41) is 0.